The van der Waals surface area contributed by atoms with Crippen LogP contribution in [0.25, 0.3) is 0 Å². The Morgan fingerprint density at radius 2 is 2.12 bits per heavy atom. The fraction of sp³-hybridized carbons (Fsp3) is 0.125. The number of hydrogen-bond donors (Lipinski definition) is 1. The lowest BCUT2D eigenvalue weighted by Crippen LogP contribution is -2.19. The van der Waals surface area contributed by atoms with E-state index in [-0.39, 0.29) is 0 Å². The maximum absolute atomic E-state index is 11.9. The summed E-state index contributed by atoms with van der Waals surface area (Å²) in [6, 6.07) is 3.20. The summed E-state index contributed by atoms with van der Waals surface area (Å²) < 4.78 is 39.0. The predicted octanol–water partition coefficient (Wildman–Crippen LogP) is 1.55. The zero-order valence-corrected chi connectivity index (χ0v) is 7.45. The van der Waals surface area contributed by atoms with Gasteiger partial charge < -0.3 is 9.84 Å². The van der Waals surface area contributed by atoms with Crippen LogP contribution in [0.2, 0.25) is 0 Å². The number of ether oxygens (including phenoxy) is 1. The molecule has 0 saturated heterocycles. The predicted molar refractivity (Wildman–Crippen MR) is 42.6 cm³/mol. The SMILES string of the molecule is N#Cc1ccc(C(=O)O)nc1OC(F)(F)F. The molecule has 0 atom stereocenters. The number of pyridine rings is 1. The highest BCUT2D eigenvalue weighted by Gasteiger charge is 2.33. The quantitative estimate of drug-likeness (QED) is 0.836. The van der Waals surface area contributed by atoms with E-state index in [4.69, 9.17) is 10.4 Å². The zero-order chi connectivity index (χ0) is 12.3. The molecule has 0 radical (unpaired) electrons. The van der Waals surface area contributed by atoms with Crippen molar-refractivity contribution in [1.29, 1.82) is 5.26 Å². The van der Waals surface area contributed by atoms with E-state index < -0.39 is 29.5 Å². The molecule has 1 rings (SSSR count). The Kier molecular flexibility index (Phi) is 2.99. The lowest BCUT2D eigenvalue weighted by molar-refractivity contribution is -0.276. The minimum Gasteiger partial charge on any atom is -0.477 e. The maximum atomic E-state index is 11.9. The first-order valence-corrected chi connectivity index (χ1v) is 3.73. The van der Waals surface area contributed by atoms with E-state index in [9.17, 15) is 18.0 Å². The third kappa shape index (κ3) is 2.84. The minimum atomic E-state index is -5.03. The lowest BCUT2D eigenvalue weighted by atomic mass is 10.2. The van der Waals surface area contributed by atoms with Gasteiger partial charge in [-0.2, -0.15) is 5.26 Å². The summed E-state index contributed by atoms with van der Waals surface area (Å²) >= 11 is 0. The summed E-state index contributed by atoms with van der Waals surface area (Å²) in [7, 11) is 0. The van der Waals surface area contributed by atoms with Crippen molar-refractivity contribution in [3.05, 3.63) is 23.4 Å². The largest absolute Gasteiger partial charge is 0.574 e. The van der Waals surface area contributed by atoms with Crippen molar-refractivity contribution in [2.24, 2.45) is 0 Å². The van der Waals surface area contributed by atoms with Crippen molar-refractivity contribution < 1.29 is 27.8 Å². The highest BCUT2D eigenvalue weighted by molar-refractivity contribution is 5.85. The second-order valence-corrected chi connectivity index (χ2v) is 2.51. The van der Waals surface area contributed by atoms with Crippen molar-refractivity contribution in [2.45, 2.75) is 6.36 Å². The summed E-state index contributed by atoms with van der Waals surface area (Å²) in [5, 5.41) is 16.9. The second kappa shape index (κ2) is 4.06. The van der Waals surface area contributed by atoms with Crippen LogP contribution in [0, 0.1) is 11.3 Å². The van der Waals surface area contributed by atoms with Crippen molar-refractivity contribution in [2.75, 3.05) is 0 Å². The van der Waals surface area contributed by atoms with Gasteiger partial charge in [0.15, 0.2) is 5.69 Å². The van der Waals surface area contributed by atoms with Gasteiger partial charge in [-0.1, -0.05) is 0 Å². The minimum absolute atomic E-state index is 0.498. The fourth-order valence-electron chi connectivity index (χ4n) is 0.832. The molecule has 0 aliphatic rings. The van der Waals surface area contributed by atoms with E-state index in [1.165, 1.54) is 6.07 Å². The average molecular weight is 232 g/mol. The number of carbonyl (C=O) groups is 1. The Balaban J connectivity index is 3.19. The maximum Gasteiger partial charge on any atom is 0.574 e. The molecular formula is C8H3F3N2O3. The Morgan fingerprint density at radius 1 is 1.50 bits per heavy atom. The topological polar surface area (TPSA) is 83.2 Å². The molecule has 0 spiro atoms. The van der Waals surface area contributed by atoms with Crippen molar-refractivity contribution in [3.63, 3.8) is 0 Å². The highest BCUT2D eigenvalue weighted by atomic mass is 19.4. The molecule has 16 heavy (non-hydrogen) atoms. The van der Waals surface area contributed by atoms with E-state index in [1.807, 2.05) is 0 Å². The van der Waals surface area contributed by atoms with Gasteiger partial charge in [0.05, 0.1) is 0 Å². The molecule has 5 nitrogen and oxygen atoms in total. The Labute approximate surface area is 86.7 Å². The molecular weight excluding hydrogens is 229 g/mol. The van der Waals surface area contributed by atoms with E-state index in [1.54, 1.807) is 0 Å². The number of carboxylic acids is 1. The molecule has 0 aromatic carbocycles. The van der Waals surface area contributed by atoms with Crippen molar-refractivity contribution in [3.8, 4) is 11.9 Å². The number of aromatic nitrogens is 1. The van der Waals surface area contributed by atoms with Gasteiger partial charge in [-0.15, -0.1) is 13.2 Å². The Bertz CT molecular complexity index is 465. The van der Waals surface area contributed by atoms with E-state index in [0.29, 0.717) is 0 Å². The molecule has 1 N–H and O–H groups in total. The van der Waals surface area contributed by atoms with Crippen LogP contribution in [-0.2, 0) is 0 Å². The van der Waals surface area contributed by atoms with Gasteiger partial charge in [-0.3, -0.25) is 0 Å². The van der Waals surface area contributed by atoms with Gasteiger partial charge in [0.2, 0.25) is 5.88 Å². The summed E-state index contributed by atoms with van der Waals surface area (Å²) in [6.45, 7) is 0. The molecule has 1 heterocycles. The number of hydrogen-bond acceptors (Lipinski definition) is 4. The molecule has 0 saturated carbocycles. The van der Waals surface area contributed by atoms with E-state index >= 15 is 0 Å². The monoisotopic (exact) mass is 232 g/mol. The second-order valence-electron chi connectivity index (χ2n) is 2.51. The summed E-state index contributed by atoms with van der Waals surface area (Å²) in [5.41, 5.74) is -1.14. The number of halogens is 3. The highest BCUT2D eigenvalue weighted by Crippen LogP contribution is 2.24. The first-order chi connectivity index (χ1) is 7.33. The number of aromatic carboxylic acids is 1. The van der Waals surface area contributed by atoms with Crippen LogP contribution in [0.15, 0.2) is 12.1 Å². The molecule has 0 aliphatic heterocycles. The molecule has 0 amide bonds. The summed E-state index contributed by atoms with van der Waals surface area (Å²) in [4.78, 5) is 13.5. The smallest absolute Gasteiger partial charge is 0.477 e. The molecule has 8 heteroatoms. The molecule has 1 aromatic rings. The molecule has 0 aliphatic carbocycles. The van der Waals surface area contributed by atoms with Gasteiger partial charge in [-0.25, -0.2) is 9.78 Å². The number of carboxylic acid groups (broad SMARTS) is 1. The van der Waals surface area contributed by atoms with Crippen LogP contribution < -0.4 is 4.74 Å². The standard InChI is InChI=1S/C8H3F3N2O3/c9-8(10,11)16-6-4(3-12)1-2-5(13-6)7(14)15/h1-2H,(H,14,15). The Morgan fingerprint density at radius 3 is 2.56 bits per heavy atom. The first-order valence-electron chi connectivity index (χ1n) is 3.73. The van der Waals surface area contributed by atoms with Crippen LogP contribution in [0.3, 0.4) is 0 Å². The van der Waals surface area contributed by atoms with Crippen LogP contribution in [-0.4, -0.2) is 22.4 Å². The van der Waals surface area contributed by atoms with E-state index in [0.717, 1.165) is 12.1 Å². The summed E-state index contributed by atoms with van der Waals surface area (Å²) in [6.07, 6.45) is -5.03. The molecule has 84 valence electrons. The van der Waals surface area contributed by atoms with E-state index in [2.05, 4.69) is 9.72 Å². The van der Waals surface area contributed by atoms with Crippen molar-refractivity contribution >= 4 is 5.97 Å². The first kappa shape index (κ1) is 11.8. The normalized spacial score (nSPS) is 10.6. The number of rotatable bonds is 2. The molecule has 0 unspecified atom stereocenters. The van der Waals surface area contributed by atoms with Gasteiger partial charge in [0.25, 0.3) is 0 Å². The average Bonchev–Trinajstić information content (AvgIpc) is 2.15. The lowest BCUT2D eigenvalue weighted by Gasteiger charge is -2.09. The Hall–Kier alpha value is -2.30. The number of alkyl halides is 3. The van der Waals surface area contributed by atoms with Gasteiger partial charge in [-0.05, 0) is 12.1 Å². The van der Waals surface area contributed by atoms with Crippen molar-refractivity contribution in [1.82, 2.24) is 4.98 Å². The van der Waals surface area contributed by atoms with Gasteiger partial charge in [0.1, 0.15) is 11.6 Å². The molecule has 1 aromatic heterocycles. The fourth-order valence-corrected chi connectivity index (χ4v) is 0.832. The number of nitrogens with zero attached hydrogens (tertiary/aromatic N) is 2. The summed E-state index contributed by atoms with van der Waals surface area (Å²) in [5.74, 6) is -2.59. The van der Waals surface area contributed by atoms with Crippen LogP contribution in [0.1, 0.15) is 16.1 Å². The number of nitriles is 1. The molecule has 0 fully saturated rings. The van der Waals surface area contributed by atoms with Gasteiger partial charge >= 0.3 is 12.3 Å². The molecule has 0 bridgehead atoms. The van der Waals surface area contributed by atoms with Gasteiger partial charge in [0, 0.05) is 0 Å². The van der Waals surface area contributed by atoms with Crippen LogP contribution >= 0.6 is 0 Å². The zero-order valence-electron chi connectivity index (χ0n) is 7.45. The van der Waals surface area contributed by atoms with Crippen LogP contribution in [0.4, 0.5) is 13.2 Å². The third-order valence-electron chi connectivity index (χ3n) is 1.41. The van der Waals surface area contributed by atoms with Crippen LogP contribution in [0.5, 0.6) is 5.88 Å². The third-order valence-corrected chi connectivity index (χ3v) is 1.41.